The van der Waals surface area contributed by atoms with Crippen LogP contribution in [0.15, 0.2) is 42.5 Å². The van der Waals surface area contributed by atoms with Crippen LogP contribution in [0.4, 0.5) is 4.79 Å². The zero-order chi connectivity index (χ0) is 26.1. The smallest absolute Gasteiger partial charge is 0.409 e. The molecule has 37 heavy (non-hydrogen) atoms. The van der Waals surface area contributed by atoms with Gasteiger partial charge in [0.15, 0.2) is 11.5 Å². The third kappa shape index (κ3) is 7.42. The molecule has 2 aromatic carbocycles. The van der Waals surface area contributed by atoms with Crippen LogP contribution < -0.4 is 14.2 Å². The Morgan fingerprint density at radius 1 is 0.946 bits per heavy atom. The van der Waals surface area contributed by atoms with Crippen molar-refractivity contribution in [2.45, 2.75) is 26.4 Å². The summed E-state index contributed by atoms with van der Waals surface area (Å²) in [6.45, 7) is 7.53. The summed E-state index contributed by atoms with van der Waals surface area (Å²) in [6.07, 6.45) is -0.340. The lowest BCUT2D eigenvalue weighted by Crippen LogP contribution is -2.56. The molecule has 2 amide bonds. The Morgan fingerprint density at radius 3 is 2.11 bits per heavy atom. The van der Waals surface area contributed by atoms with Crippen molar-refractivity contribution in [3.05, 3.63) is 53.6 Å². The molecule has 1 fully saturated rings. The molecule has 0 N–H and O–H groups in total. The number of piperazine rings is 1. The monoisotopic (exact) mass is 535 g/mol. The summed E-state index contributed by atoms with van der Waals surface area (Å²) in [5.41, 5.74) is 1.61. The predicted molar refractivity (Wildman–Crippen MR) is 144 cm³/mol. The van der Waals surface area contributed by atoms with Crippen molar-refractivity contribution in [1.29, 1.82) is 0 Å². The van der Waals surface area contributed by atoms with E-state index < -0.39 is 0 Å². The fraction of sp³-hybridized carbons (Fsp3) is 0.481. The van der Waals surface area contributed by atoms with E-state index >= 15 is 0 Å². The van der Waals surface area contributed by atoms with Gasteiger partial charge in [-0.25, -0.2) is 4.79 Å². The number of benzene rings is 2. The summed E-state index contributed by atoms with van der Waals surface area (Å²) in [5, 5.41) is 0. The van der Waals surface area contributed by atoms with E-state index in [4.69, 9.17) is 18.9 Å². The standard InChI is InChI=1S/C27H37N3O6.ClH/c1-6-28(7-2)27(32)36-19-22-18-30(14-13-29(22)17-20-11-9-8-10-12-20)26(31)21-15-23(33-3)25(35-5)24(16-21)34-4;/h8-12,15-16,22H,6-7,13-14,17-19H2,1-5H3;1H. The molecule has 1 aliphatic heterocycles. The number of halogens is 1. The maximum absolute atomic E-state index is 13.5. The van der Waals surface area contributed by atoms with E-state index in [1.54, 1.807) is 21.9 Å². The molecule has 10 heteroatoms. The van der Waals surface area contributed by atoms with Gasteiger partial charge in [-0.05, 0) is 31.5 Å². The van der Waals surface area contributed by atoms with E-state index in [1.165, 1.54) is 26.9 Å². The molecule has 204 valence electrons. The van der Waals surface area contributed by atoms with Gasteiger partial charge in [0.25, 0.3) is 5.91 Å². The zero-order valence-corrected chi connectivity index (χ0v) is 23.1. The van der Waals surface area contributed by atoms with Crippen LogP contribution in [-0.2, 0) is 11.3 Å². The van der Waals surface area contributed by atoms with Gasteiger partial charge in [-0.15, -0.1) is 12.4 Å². The first-order valence-electron chi connectivity index (χ1n) is 12.2. The fourth-order valence-corrected chi connectivity index (χ4v) is 4.39. The summed E-state index contributed by atoms with van der Waals surface area (Å²) in [7, 11) is 4.57. The van der Waals surface area contributed by atoms with Gasteiger partial charge in [-0.2, -0.15) is 0 Å². The lowest BCUT2D eigenvalue weighted by atomic mass is 10.1. The van der Waals surface area contributed by atoms with Gasteiger partial charge >= 0.3 is 6.09 Å². The summed E-state index contributed by atoms with van der Waals surface area (Å²) in [5.74, 6) is 1.14. The molecule has 0 aliphatic carbocycles. The number of carbonyl (C=O) groups is 2. The third-order valence-electron chi connectivity index (χ3n) is 6.45. The van der Waals surface area contributed by atoms with Crippen LogP contribution in [0.3, 0.4) is 0 Å². The normalized spacial score (nSPS) is 15.4. The maximum Gasteiger partial charge on any atom is 0.409 e. The Bertz CT molecular complexity index is 993. The molecular weight excluding hydrogens is 498 g/mol. The van der Waals surface area contributed by atoms with Gasteiger partial charge in [0.05, 0.1) is 27.4 Å². The van der Waals surface area contributed by atoms with E-state index in [1.807, 2.05) is 32.0 Å². The van der Waals surface area contributed by atoms with Crippen molar-refractivity contribution in [3.8, 4) is 17.2 Å². The lowest BCUT2D eigenvalue weighted by molar-refractivity contribution is 0.0174. The van der Waals surface area contributed by atoms with Crippen molar-refractivity contribution in [2.24, 2.45) is 0 Å². The van der Waals surface area contributed by atoms with Crippen molar-refractivity contribution in [3.63, 3.8) is 0 Å². The van der Waals surface area contributed by atoms with Gasteiger partial charge in [-0.3, -0.25) is 9.69 Å². The Balaban J connectivity index is 0.00000481. The molecule has 1 unspecified atom stereocenters. The highest BCUT2D eigenvalue weighted by molar-refractivity contribution is 5.95. The molecule has 1 atom stereocenters. The van der Waals surface area contributed by atoms with Gasteiger partial charge in [0.1, 0.15) is 6.61 Å². The molecule has 2 aromatic rings. The van der Waals surface area contributed by atoms with Crippen LogP contribution in [0.5, 0.6) is 17.2 Å². The SMILES string of the molecule is CCN(CC)C(=O)OCC1CN(C(=O)c2cc(OC)c(OC)c(OC)c2)CCN1Cc1ccccc1.Cl. The third-order valence-corrected chi connectivity index (χ3v) is 6.45. The molecule has 0 saturated carbocycles. The highest BCUT2D eigenvalue weighted by Crippen LogP contribution is 2.38. The fourth-order valence-electron chi connectivity index (χ4n) is 4.39. The molecule has 9 nitrogen and oxygen atoms in total. The first-order chi connectivity index (χ1) is 17.4. The molecule has 1 saturated heterocycles. The minimum Gasteiger partial charge on any atom is -0.493 e. The van der Waals surface area contributed by atoms with Crippen LogP contribution in [0, 0.1) is 0 Å². The maximum atomic E-state index is 13.5. The second-order valence-electron chi connectivity index (χ2n) is 8.52. The van der Waals surface area contributed by atoms with Crippen LogP contribution in [0.25, 0.3) is 0 Å². The summed E-state index contributed by atoms with van der Waals surface area (Å²) in [4.78, 5) is 31.7. The lowest BCUT2D eigenvalue weighted by Gasteiger charge is -2.41. The van der Waals surface area contributed by atoms with Crippen molar-refractivity contribution >= 4 is 24.4 Å². The van der Waals surface area contributed by atoms with E-state index in [2.05, 4.69) is 17.0 Å². The zero-order valence-electron chi connectivity index (χ0n) is 22.3. The average molecular weight is 536 g/mol. The Hall–Kier alpha value is -3.17. The van der Waals surface area contributed by atoms with Gasteiger partial charge in [0.2, 0.25) is 5.75 Å². The molecule has 0 aromatic heterocycles. The van der Waals surface area contributed by atoms with E-state index in [0.29, 0.717) is 62.1 Å². The van der Waals surface area contributed by atoms with Gasteiger partial charge in [-0.1, -0.05) is 30.3 Å². The van der Waals surface area contributed by atoms with E-state index in [-0.39, 0.29) is 37.1 Å². The molecule has 1 heterocycles. The number of hydrogen-bond acceptors (Lipinski definition) is 7. The first-order valence-corrected chi connectivity index (χ1v) is 12.2. The van der Waals surface area contributed by atoms with Gasteiger partial charge in [0, 0.05) is 44.8 Å². The highest BCUT2D eigenvalue weighted by Gasteiger charge is 2.32. The molecule has 0 spiro atoms. The van der Waals surface area contributed by atoms with Crippen LogP contribution in [0.2, 0.25) is 0 Å². The Morgan fingerprint density at radius 2 is 1.57 bits per heavy atom. The number of methoxy groups -OCH3 is 3. The number of rotatable bonds is 10. The minimum absolute atomic E-state index is 0. The average Bonchev–Trinajstić information content (AvgIpc) is 2.92. The highest BCUT2D eigenvalue weighted by atomic mass is 35.5. The van der Waals surface area contributed by atoms with Crippen LogP contribution in [-0.4, -0.2) is 93.4 Å². The van der Waals surface area contributed by atoms with Crippen molar-refractivity contribution < 1.29 is 28.5 Å². The van der Waals surface area contributed by atoms with Gasteiger partial charge < -0.3 is 28.7 Å². The first kappa shape index (κ1) is 30.1. The molecular formula is C27H38ClN3O6. The predicted octanol–water partition coefficient (Wildman–Crippen LogP) is 3.94. The summed E-state index contributed by atoms with van der Waals surface area (Å²) < 4.78 is 21.9. The molecule has 3 rings (SSSR count). The number of hydrogen-bond donors (Lipinski definition) is 0. The Kier molecular flexibility index (Phi) is 11.8. The van der Waals surface area contributed by atoms with Crippen LogP contribution >= 0.6 is 12.4 Å². The Labute approximate surface area is 225 Å². The largest absolute Gasteiger partial charge is 0.493 e. The van der Waals surface area contributed by atoms with Crippen molar-refractivity contribution in [1.82, 2.24) is 14.7 Å². The van der Waals surface area contributed by atoms with Crippen LogP contribution in [0.1, 0.15) is 29.8 Å². The number of nitrogens with zero attached hydrogens (tertiary/aromatic N) is 3. The minimum atomic E-state index is -0.340. The van der Waals surface area contributed by atoms with E-state index in [9.17, 15) is 9.59 Å². The van der Waals surface area contributed by atoms with Crippen molar-refractivity contribution in [2.75, 3.05) is 60.7 Å². The number of ether oxygens (including phenoxy) is 4. The number of amides is 2. The molecule has 1 aliphatic rings. The number of carbonyl (C=O) groups excluding carboxylic acids is 2. The topological polar surface area (TPSA) is 80.8 Å². The second-order valence-corrected chi connectivity index (χ2v) is 8.52. The summed E-state index contributed by atoms with van der Waals surface area (Å²) in [6, 6.07) is 13.3. The molecule has 0 bridgehead atoms. The molecule has 0 radical (unpaired) electrons. The quantitative estimate of drug-likeness (QED) is 0.456. The second kappa shape index (κ2) is 14.5. The van der Waals surface area contributed by atoms with E-state index in [0.717, 1.165) is 0 Å². The summed E-state index contributed by atoms with van der Waals surface area (Å²) >= 11 is 0.